The molecular formula is C76H60N2. The van der Waals surface area contributed by atoms with Crippen LogP contribution in [0.25, 0.3) is 33.4 Å². The number of rotatable bonds is 17. The van der Waals surface area contributed by atoms with E-state index in [1.807, 2.05) is 0 Å². The van der Waals surface area contributed by atoms with E-state index in [1.165, 1.54) is 66.8 Å². The van der Waals surface area contributed by atoms with Crippen LogP contribution < -0.4 is 9.80 Å². The Hall–Kier alpha value is -9.76. The normalized spacial score (nSPS) is 11.5. The smallest absolute Gasteiger partial charge is 0.0462 e. The van der Waals surface area contributed by atoms with Gasteiger partial charge in [0, 0.05) is 46.0 Å². The Bertz CT molecular complexity index is 3680. The lowest BCUT2D eigenvalue weighted by Crippen LogP contribution is -2.09. The van der Waals surface area contributed by atoms with E-state index >= 15 is 0 Å². The van der Waals surface area contributed by atoms with Gasteiger partial charge in [0.1, 0.15) is 0 Å². The molecule has 0 radical (unpaired) electrons. The van der Waals surface area contributed by atoms with Crippen molar-refractivity contribution in [1.82, 2.24) is 0 Å². The van der Waals surface area contributed by atoms with Crippen molar-refractivity contribution in [3.05, 3.63) is 361 Å². The molecule has 2 nitrogen and oxygen atoms in total. The Labute approximate surface area is 460 Å². The standard InChI is InChI=1S/C76H60N2/c1-7-19-65(20-8-1)75(66-21-9-2-10-22-66)55-57-31-35-59(36-32-57)60-37-33-58(34-38-60)56-76(67-23-11-3-12-24-67)68-41-39-61(40-42-68)62-43-51-73(52-44-62)78(71-29-17-6-18-30-71)74-53-47-64(48-54-74)63-45-49-72(50-46-63)77(69-25-13-4-14-26-69)70-27-15-5-16-28-70/h1-54,75-76H,55-56H2. The zero-order valence-electron chi connectivity index (χ0n) is 43.6. The van der Waals surface area contributed by atoms with Crippen LogP contribution in [0.5, 0.6) is 0 Å². The third-order valence-corrected chi connectivity index (χ3v) is 15.1. The average Bonchev–Trinajstić information content (AvgIpc) is 3.56. The highest BCUT2D eigenvalue weighted by atomic mass is 15.1. The summed E-state index contributed by atoms with van der Waals surface area (Å²) in [5.41, 5.74) is 21.8. The Morgan fingerprint density at radius 2 is 0.372 bits per heavy atom. The predicted molar refractivity (Wildman–Crippen MR) is 329 cm³/mol. The summed E-state index contributed by atoms with van der Waals surface area (Å²) in [5.74, 6) is 0.520. The molecule has 0 aromatic heterocycles. The molecule has 1 atom stereocenters. The predicted octanol–water partition coefficient (Wildman–Crippen LogP) is 20.4. The zero-order valence-corrected chi connectivity index (χ0v) is 43.6. The van der Waals surface area contributed by atoms with E-state index in [-0.39, 0.29) is 5.92 Å². The Morgan fingerprint density at radius 1 is 0.179 bits per heavy atom. The second-order valence-electron chi connectivity index (χ2n) is 20.1. The van der Waals surface area contributed by atoms with Crippen LogP contribution in [0.1, 0.15) is 45.2 Å². The van der Waals surface area contributed by atoms with Gasteiger partial charge < -0.3 is 9.80 Å². The molecule has 1 unspecified atom stereocenters. The number of anilines is 6. The van der Waals surface area contributed by atoms with Crippen LogP contribution in [0, 0.1) is 0 Å². The molecule has 0 amide bonds. The lowest BCUT2D eigenvalue weighted by Gasteiger charge is -2.26. The van der Waals surface area contributed by atoms with Crippen molar-refractivity contribution in [1.29, 1.82) is 0 Å². The molecule has 0 saturated carbocycles. The van der Waals surface area contributed by atoms with Gasteiger partial charge in [-0.2, -0.15) is 0 Å². The van der Waals surface area contributed by atoms with Gasteiger partial charge in [-0.05, 0) is 152 Å². The molecule has 0 fully saturated rings. The maximum absolute atomic E-state index is 2.33. The minimum atomic E-state index is 0.213. The number of nitrogens with zero attached hydrogens (tertiary/aromatic N) is 2. The molecule has 12 rings (SSSR count). The van der Waals surface area contributed by atoms with Crippen molar-refractivity contribution in [2.75, 3.05) is 9.80 Å². The van der Waals surface area contributed by atoms with Gasteiger partial charge in [-0.15, -0.1) is 0 Å². The molecule has 2 heteroatoms. The summed E-state index contributed by atoms with van der Waals surface area (Å²) in [6, 6.07) is 119. The summed E-state index contributed by atoms with van der Waals surface area (Å²) < 4.78 is 0. The molecule has 12 aromatic carbocycles. The lowest BCUT2D eigenvalue weighted by molar-refractivity contribution is 0.805. The van der Waals surface area contributed by atoms with E-state index < -0.39 is 0 Å². The first-order chi connectivity index (χ1) is 38.7. The fourth-order valence-electron chi connectivity index (χ4n) is 11.0. The Morgan fingerprint density at radius 3 is 0.628 bits per heavy atom. The summed E-state index contributed by atoms with van der Waals surface area (Å²) in [5, 5.41) is 0. The minimum Gasteiger partial charge on any atom is -0.311 e. The zero-order chi connectivity index (χ0) is 52.3. The van der Waals surface area contributed by atoms with Gasteiger partial charge in [-0.25, -0.2) is 0 Å². The SMILES string of the molecule is c1ccc(C(Cc2ccc(-c3ccc(CC(c4ccccc4)c4ccc(-c5ccc(N(c6ccccc6)c6ccc(-c7ccc(N(c8ccccc8)c8ccccc8)cc7)cc6)cc5)cc4)cc3)cc2)c2ccccc2)cc1. The molecule has 0 bridgehead atoms. The van der Waals surface area contributed by atoms with Crippen molar-refractivity contribution in [2.45, 2.75) is 24.7 Å². The summed E-state index contributed by atoms with van der Waals surface area (Å²) in [4.78, 5) is 4.63. The van der Waals surface area contributed by atoms with Gasteiger partial charge >= 0.3 is 0 Å². The molecule has 0 saturated heterocycles. The first-order valence-electron chi connectivity index (χ1n) is 27.2. The third kappa shape index (κ3) is 11.3. The number of para-hydroxylation sites is 3. The molecule has 78 heavy (non-hydrogen) atoms. The van der Waals surface area contributed by atoms with Crippen LogP contribution in [-0.4, -0.2) is 0 Å². The van der Waals surface area contributed by atoms with E-state index in [1.54, 1.807) is 0 Å². The fourth-order valence-corrected chi connectivity index (χ4v) is 11.0. The minimum absolute atomic E-state index is 0.213. The van der Waals surface area contributed by atoms with Gasteiger partial charge in [0.15, 0.2) is 0 Å². The maximum atomic E-state index is 2.33. The van der Waals surface area contributed by atoms with Gasteiger partial charge in [-0.1, -0.05) is 255 Å². The van der Waals surface area contributed by atoms with Crippen molar-refractivity contribution < 1.29 is 0 Å². The van der Waals surface area contributed by atoms with Crippen LogP contribution in [-0.2, 0) is 12.8 Å². The molecule has 0 heterocycles. The lowest BCUT2D eigenvalue weighted by atomic mass is 9.85. The van der Waals surface area contributed by atoms with Crippen LogP contribution in [0.2, 0.25) is 0 Å². The van der Waals surface area contributed by atoms with E-state index in [2.05, 4.69) is 337 Å². The van der Waals surface area contributed by atoms with E-state index in [4.69, 9.17) is 0 Å². The van der Waals surface area contributed by atoms with Gasteiger partial charge in [0.05, 0.1) is 0 Å². The Balaban J connectivity index is 0.739. The largest absolute Gasteiger partial charge is 0.311 e. The topological polar surface area (TPSA) is 6.48 Å². The van der Waals surface area contributed by atoms with E-state index in [9.17, 15) is 0 Å². The number of benzene rings is 12. The molecule has 374 valence electrons. The molecule has 0 aliphatic rings. The van der Waals surface area contributed by atoms with Gasteiger partial charge in [0.2, 0.25) is 0 Å². The molecule has 0 spiro atoms. The highest BCUT2D eigenvalue weighted by molar-refractivity contribution is 5.81. The second-order valence-corrected chi connectivity index (χ2v) is 20.1. The van der Waals surface area contributed by atoms with Gasteiger partial charge in [-0.3, -0.25) is 0 Å². The molecule has 12 aromatic rings. The number of hydrogen-bond acceptors (Lipinski definition) is 2. The fraction of sp³-hybridized carbons (Fsp3) is 0.0526. The van der Waals surface area contributed by atoms with E-state index in [0.29, 0.717) is 5.92 Å². The molecule has 0 aliphatic heterocycles. The average molecular weight is 1000 g/mol. The molecular weight excluding hydrogens is 941 g/mol. The third-order valence-electron chi connectivity index (χ3n) is 15.1. The monoisotopic (exact) mass is 1000 g/mol. The quantitative estimate of drug-likeness (QED) is 0.0897. The summed E-state index contributed by atoms with van der Waals surface area (Å²) in [7, 11) is 0. The summed E-state index contributed by atoms with van der Waals surface area (Å²) >= 11 is 0. The Kier molecular flexibility index (Phi) is 14.8. The van der Waals surface area contributed by atoms with Crippen molar-refractivity contribution in [3.8, 4) is 33.4 Å². The number of hydrogen-bond donors (Lipinski definition) is 0. The molecule has 0 aliphatic carbocycles. The molecule has 0 N–H and O–H groups in total. The first-order valence-corrected chi connectivity index (χ1v) is 27.2. The van der Waals surface area contributed by atoms with Crippen LogP contribution in [0.4, 0.5) is 34.1 Å². The van der Waals surface area contributed by atoms with Crippen molar-refractivity contribution in [2.24, 2.45) is 0 Å². The van der Waals surface area contributed by atoms with Crippen molar-refractivity contribution in [3.63, 3.8) is 0 Å². The second kappa shape index (κ2) is 23.4. The van der Waals surface area contributed by atoms with Crippen LogP contribution in [0.15, 0.2) is 328 Å². The first kappa shape index (κ1) is 49.1. The van der Waals surface area contributed by atoms with E-state index in [0.717, 1.165) is 47.0 Å². The highest BCUT2D eigenvalue weighted by Crippen LogP contribution is 2.40. The highest BCUT2D eigenvalue weighted by Gasteiger charge is 2.19. The van der Waals surface area contributed by atoms with Gasteiger partial charge in [0.25, 0.3) is 0 Å². The van der Waals surface area contributed by atoms with Crippen LogP contribution >= 0.6 is 0 Å². The van der Waals surface area contributed by atoms with Crippen molar-refractivity contribution >= 4 is 34.1 Å². The maximum Gasteiger partial charge on any atom is 0.0462 e. The summed E-state index contributed by atoms with van der Waals surface area (Å²) in [6.45, 7) is 0. The summed E-state index contributed by atoms with van der Waals surface area (Å²) in [6.07, 6.45) is 1.86. The van der Waals surface area contributed by atoms with Crippen LogP contribution in [0.3, 0.4) is 0 Å².